The Morgan fingerprint density at radius 2 is 2.24 bits per heavy atom. The van der Waals surface area contributed by atoms with Gasteiger partial charge in [0.15, 0.2) is 5.78 Å². The summed E-state index contributed by atoms with van der Waals surface area (Å²) in [6, 6.07) is 5.42. The summed E-state index contributed by atoms with van der Waals surface area (Å²) in [5.74, 6) is 0.0720. The number of nitrogens with zero attached hydrogens (tertiary/aromatic N) is 2. The Morgan fingerprint density at radius 3 is 2.88 bits per heavy atom. The molecule has 0 spiro atoms. The molecule has 0 saturated heterocycles. The van der Waals surface area contributed by atoms with Gasteiger partial charge in [0.05, 0.1) is 6.20 Å². The maximum absolute atomic E-state index is 12.1. The third-order valence-electron chi connectivity index (χ3n) is 2.80. The van der Waals surface area contributed by atoms with E-state index in [2.05, 4.69) is 5.10 Å². The summed E-state index contributed by atoms with van der Waals surface area (Å²) in [5.41, 5.74) is 8.90. The molecule has 17 heavy (non-hydrogen) atoms. The lowest BCUT2D eigenvalue weighted by Crippen LogP contribution is -2.06. The zero-order valence-electron chi connectivity index (χ0n) is 9.97. The first-order valence-electron chi connectivity index (χ1n) is 5.43. The number of hydrogen-bond donors (Lipinski definition) is 1. The molecule has 0 saturated carbocycles. The maximum Gasteiger partial charge on any atom is 0.167 e. The Kier molecular flexibility index (Phi) is 2.95. The molecular weight excluding hydrogens is 214 g/mol. The lowest BCUT2D eigenvalue weighted by molar-refractivity contribution is 0.0992. The summed E-state index contributed by atoms with van der Waals surface area (Å²) in [7, 11) is 1.83. The predicted octanol–water partition coefficient (Wildman–Crippen LogP) is 1.74. The lowest BCUT2D eigenvalue weighted by atomic mass is 9.99. The van der Waals surface area contributed by atoms with E-state index in [1.165, 1.54) is 0 Å². The largest absolute Gasteiger partial charge is 0.398 e. The van der Waals surface area contributed by atoms with Gasteiger partial charge in [-0.15, -0.1) is 0 Å². The smallest absolute Gasteiger partial charge is 0.167 e. The van der Waals surface area contributed by atoms with Crippen LogP contribution in [0.25, 0.3) is 0 Å². The molecule has 0 bridgehead atoms. The molecule has 0 aliphatic heterocycles. The van der Waals surface area contributed by atoms with E-state index in [1.807, 2.05) is 26.2 Å². The fourth-order valence-corrected chi connectivity index (χ4v) is 1.80. The van der Waals surface area contributed by atoms with E-state index in [0.29, 0.717) is 17.7 Å². The van der Waals surface area contributed by atoms with Crippen molar-refractivity contribution in [3.63, 3.8) is 0 Å². The third-order valence-corrected chi connectivity index (χ3v) is 2.80. The Hall–Kier alpha value is -2.10. The highest BCUT2D eigenvalue weighted by Crippen LogP contribution is 2.17. The summed E-state index contributed by atoms with van der Waals surface area (Å²) in [4.78, 5) is 12.1. The number of nitrogens with two attached hydrogens (primary N) is 1. The van der Waals surface area contributed by atoms with Crippen LogP contribution in [0.5, 0.6) is 0 Å². The van der Waals surface area contributed by atoms with Gasteiger partial charge in [-0.1, -0.05) is 12.1 Å². The molecule has 2 aromatic rings. The van der Waals surface area contributed by atoms with Gasteiger partial charge in [-0.05, 0) is 24.1 Å². The number of ketones is 1. The van der Waals surface area contributed by atoms with Crippen LogP contribution >= 0.6 is 0 Å². The van der Waals surface area contributed by atoms with Gasteiger partial charge in [0.1, 0.15) is 0 Å². The Balaban J connectivity index is 2.23. The molecule has 0 radical (unpaired) electrons. The Morgan fingerprint density at radius 1 is 1.47 bits per heavy atom. The number of nitrogen functional groups attached to an aromatic ring is 1. The number of aromatic nitrogens is 2. The first-order valence-corrected chi connectivity index (χ1v) is 5.43. The van der Waals surface area contributed by atoms with E-state index in [-0.39, 0.29) is 5.78 Å². The molecule has 0 aliphatic rings. The second-order valence-electron chi connectivity index (χ2n) is 4.14. The summed E-state index contributed by atoms with van der Waals surface area (Å²) in [5, 5.41) is 4.04. The molecule has 4 heteroatoms. The van der Waals surface area contributed by atoms with Crippen LogP contribution in [0.1, 0.15) is 21.5 Å². The molecule has 1 aromatic carbocycles. The lowest BCUT2D eigenvalue weighted by Gasteiger charge is -2.06. The summed E-state index contributed by atoms with van der Waals surface area (Å²) in [6.45, 7) is 1.87. The topological polar surface area (TPSA) is 60.9 Å². The molecule has 2 rings (SSSR count). The quantitative estimate of drug-likeness (QED) is 0.644. The number of aryl methyl sites for hydroxylation is 1. The van der Waals surface area contributed by atoms with Crippen molar-refractivity contribution in [1.82, 2.24) is 9.78 Å². The molecule has 2 N–H and O–H groups in total. The highest BCUT2D eigenvalue weighted by Gasteiger charge is 2.12. The number of carbonyl (C=O) groups is 1. The normalized spacial score (nSPS) is 10.5. The number of rotatable bonds is 3. The van der Waals surface area contributed by atoms with E-state index in [1.54, 1.807) is 23.0 Å². The molecule has 0 aliphatic carbocycles. The van der Waals surface area contributed by atoms with Crippen molar-refractivity contribution >= 4 is 11.5 Å². The maximum atomic E-state index is 12.1. The van der Waals surface area contributed by atoms with Crippen molar-refractivity contribution in [2.45, 2.75) is 13.3 Å². The fourth-order valence-electron chi connectivity index (χ4n) is 1.80. The van der Waals surface area contributed by atoms with Crippen molar-refractivity contribution in [1.29, 1.82) is 0 Å². The van der Waals surface area contributed by atoms with Crippen LogP contribution in [0.4, 0.5) is 5.69 Å². The van der Waals surface area contributed by atoms with E-state index >= 15 is 0 Å². The van der Waals surface area contributed by atoms with Gasteiger partial charge < -0.3 is 5.73 Å². The minimum Gasteiger partial charge on any atom is -0.398 e. The van der Waals surface area contributed by atoms with Crippen LogP contribution in [0, 0.1) is 6.92 Å². The molecular formula is C13H15N3O. The highest BCUT2D eigenvalue weighted by molar-refractivity contribution is 5.99. The van der Waals surface area contributed by atoms with Gasteiger partial charge in [0.25, 0.3) is 0 Å². The van der Waals surface area contributed by atoms with Gasteiger partial charge >= 0.3 is 0 Å². The average molecular weight is 229 g/mol. The molecule has 1 heterocycles. The molecule has 88 valence electrons. The van der Waals surface area contributed by atoms with E-state index < -0.39 is 0 Å². The molecule has 4 nitrogen and oxygen atoms in total. The standard InChI is InChI=1S/C13H15N3O/c1-9-11(4-3-5-12(9)14)13(17)6-10-7-15-16(2)8-10/h3-5,7-8H,6,14H2,1-2H3. The van der Waals surface area contributed by atoms with Crippen LogP contribution in [-0.4, -0.2) is 15.6 Å². The third kappa shape index (κ3) is 2.36. The number of carbonyl (C=O) groups excluding carboxylic acids is 1. The predicted molar refractivity (Wildman–Crippen MR) is 66.8 cm³/mol. The number of benzene rings is 1. The summed E-state index contributed by atoms with van der Waals surface area (Å²) >= 11 is 0. The van der Waals surface area contributed by atoms with Gasteiger partial charge in [0, 0.05) is 30.9 Å². The highest BCUT2D eigenvalue weighted by atomic mass is 16.1. The van der Waals surface area contributed by atoms with Crippen molar-refractivity contribution in [2.24, 2.45) is 7.05 Å². The second-order valence-corrected chi connectivity index (χ2v) is 4.14. The molecule has 0 fully saturated rings. The zero-order valence-corrected chi connectivity index (χ0v) is 9.97. The van der Waals surface area contributed by atoms with Crippen LogP contribution in [0.2, 0.25) is 0 Å². The van der Waals surface area contributed by atoms with Gasteiger partial charge in [0.2, 0.25) is 0 Å². The fraction of sp³-hybridized carbons (Fsp3) is 0.231. The average Bonchev–Trinajstić information content (AvgIpc) is 2.68. The first kappa shape index (κ1) is 11.4. The number of anilines is 1. The van der Waals surface area contributed by atoms with E-state index in [9.17, 15) is 4.79 Å². The molecule has 0 amide bonds. The van der Waals surface area contributed by atoms with Crippen molar-refractivity contribution in [3.8, 4) is 0 Å². The van der Waals surface area contributed by atoms with Gasteiger partial charge in [-0.2, -0.15) is 5.10 Å². The van der Waals surface area contributed by atoms with Crippen LogP contribution < -0.4 is 5.73 Å². The first-order chi connectivity index (χ1) is 8.08. The molecule has 1 aromatic heterocycles. The van der Waals surface area contributed by atoms with Crippen molar-refractivity contribution in [2.75, 3.05) is 5.73 Å². The molecule has 0 unspecified atom stereocenters. The number of Topliss-reactive ketones (excluding diaryl/α,β-unsaturated/α-hetero) is 1. The summed E-state index contributed by atoms with van der Waals surface area (Å²) < 4.78 is 1.69. The van der Waals surface area contributed by atoms with Crippen LogP contribution in [0.3, 0.4) is 0 Å². The summed E-state index contributed by atoms with van der Waals surface area (Å²) in [6.07, 6.45) is 3.91. The van der Waals surface area contributed by atoms with E-state index in [4.69, 9.17) is 5.73 Å². The number of hydrogen-bond acceptors (Lipinski definition) is 3. The van der Waals surface area contributed by atoms with Crippen LogP contribution in [0.15, 0.2) is 30.6 Å². The van der Waals surface area contributed by atoms with Crippen molar-refractivity contribution in [3.05, 3.63) is 47.3 Å². The molecule has 0 atom stereocenters. The Bertz CT molecular complexity index is 558. The van der Waals surface area contributed by atoms with Gasteiger partial charge in [-0.25, -0.2) is 0 Å². The minimum atomic E-state index is 0.0720. The van der Waals surface area contributed by atoms with E-state index in [0.717, 1.165) is 11.1 Å². The second kappa shape index (κ2) is 4.41. The Labute approximate surface area is 100 Å². The van der Waals surface area contributed by atoms with Crippen molar-refractivity contribution < 1.29 is 4.79 Å². The van der Waals surface area contributed by atoms with Gasteiger partial charge in [-0.3, -0.25) is 9.48 Å². The van der Waals surface area contributed by atoms with Crippen LogP contribution in [-0.2, 0) is 13.5 Å². The zero-order chi connectivity index (χ0) is 12.4. The monoisotopic (exact) mass is 229 g/mol. The SMILES string of the molecule is Cc1c(N)cccc1C(=O)Cc1cnn(C)c1. The minimum absolute atomic E-state index is 0.0720.